The van der Waals surface area contributed by atoms with Gasteiger partial charge in [0.05, 0.1) is 0 Å². The zero-order valence-electron chi connectivity index (χ0n) is 15.9. The summed E-state index contributed by atoms with van der Waals surface area (Å²) in [5, 5.41) is 1.50. The first-order chi connectivity index (χ1) is 14.0. The van der Waals surface area contributed by atoms with Crippen LogP contribution in [0.5, 0.6) is 11.5 Å². The molecule has 0 aliphatic heterocycles. The Bertz CT molecular complexity index is 1230. The summed E-state index contributed by atoms with van der Waals surface area (Å²) in [4.78, 5) is 0.156. The summed E-state index contributed by atoms with van der Waals surface area (Å²) < 4.78 is 36.8. The molecule has 0 saturated heterocycles. The minimum atomic E-state index is -3.97. The predicted molar refractivity (Wildman–Crippen MR) is 114 cm³/mol. The van der Waals surface area contributed by atoms with Gasteiger partial charge >= 0.3 is 10.1 Å². The molecule has 29 heavy (non-hydrogen) atoms. The standard InChI is InChI=1S/C24H20O4S/c1-18-10-11-20-8-5-9-24(23(20)16-18)29(25,26)28-22-14-12-21(13-15-22)27-17-19-6-3-2-4-7-19/h2-16H,17H2,1H3. The molecule has 0 saturated carbocycles. The second-order valence-corrected chi connectivity index (χ2v) is 8.28. The van der Waals surface area contributed by atoms with Crippen LogP contribution in [-0.4, -0.2) is 8.42 Å². The number of fused-ring (bicyclic) bond motifs is 1. The van der Waals surface area contributed by atoms with E-state index in [4.69, 9.17) is 8.92 Å². The summed E-state index contributed by atoms with van der Waals surface area (Å²) in [7, 11) is -3.97. The molecule has 0 atom stereocenters. The Morgan fingerprint density at radius 3 is 2.24 bits per heavy atom. The van der Waals surface area contributed by atoms with Crippen molar-refractivity contribution in [1.29, 1.82) is 0 Å². The van der Waals surface area contributed by atoms with Gasteiger partial charge in [0.15, 0.2) is 0 Å². The fraction of sp³-hybridized carbons (Fsp3) is 0.0833. The lowest BCUT2D eigenvalue weighted by atomic mass is 10.1. The highest BCUT2D eigenvalue weighted by Crippen LogP contribution is 2.28. The van der Waals surface area contributed by atoms with E-state index in [1.54, 1.807) is 36.4 Å². The Kier molecular flexibility index (Phi) is 5.23. The van der Waals surface area contributed by atoms with Gasteiger partial charge in [-0.2, -0.15) is 8.42 Å². The quantitative estimate of drug-likeness (QED) is 0.399. The maximum absolute atomic E-state index is 12.9. The summed E-state index contributed by atoms with van der Waals surface area (Å²) in [6.07, 6.45) is 0. The van der Waals surface area contributed by atoms with E-state index in [9.17, 15) is 8.42 Å². The molecule has 4 nitrogen and oxygen atoms in total. The van der Waals surface area contributed by atoms with E-state index in [0.717, 1.165) is 16.5 Å². The molecule has 0 aliphatic rings. The van der Waals surface area contributed by atoms with Crippen molar-refractivity contribution in [2.75, 3.05) is 0 Å². The maximum Gasteiger partial charge on any atom is 0.339 e. The summed E-state index contributed by atoms with van der Waals surface area (Å²) in [5.74, 6) is 0.876. The smallest absolute Gasteiger partial charge is 0.339 e. The first-order valence-corrected chi connectivity index (χ1v) is 10.6. The van der Waals surface area contributed by atoms with Crippen molar-refractivity contribution in [3.63, 3.8) is 0 Å². The van der Waals surface area contributed by atoms with Crippen LogP contribution in [0, 0.1) is 6.92 Å². The highest BCUT2D eigenvalue weighted by molar-refractivity contribution is 7.87. The van der Waals surface area contributed by atoms with E-state index in [1.807, 2.05) is 61.5 Å². The average molecular weight is 404 g/mol. The van der Waals surface area contributed by atoms with E-state index in [1.165, 1.54) is 0 Å². The molecule has 0 bridgehead atoms. The van der Waals surface area contributed by atoms with E-state index in [-0.39, 0.29) is 10.6 Å². The minimum Gasteiger partial charge on any atom is -0.489 e. The fourth-order valence-electron chi connectivity index (χ4n) is 3.08. The number of aryl methyl sites for hydroxylation is 1. The number of ether oxygens (including phenoxy) is 1. The Morgan fingerprint density at radius 2 is 1.48 bits per heavy atom. The average Bonchev–Trinajstić information content (AvgIpc) is 2.73. The molecule has 5 heteroatoms. The van der Waals surface area contributed by atoms with Gasteiger partial charge in [-0.3, -0.25) is 0 Å². The van der Waals surface area contributed by atoms with Crippen molar-refractivity contribution in [2.24, 2.45) is 0 Å². The van der Waals surface area contributed by atoms with Crippen molar-refractivity contribution in [1.82, 2.24) is 0 Å². The normalized spacial score (nSPS) is 11.3. The second kappa shape index (κ2) is 7.97. The van der Waals surface area contributed by atoms with E-state index < -0.39 is 10.1 Å². The largest absolute Gasteiger partial charge is 0.489 e. The van der Waals surface area contributed by atoms with Crippen LogP contribution in [0.25, 0.3) is 10.8 Å². The Morgan fingerprint density at radius 1 is 0.759 bits per heavy atom. The lowest BCUT2D eigenvalue weighted by molar-refractivity contribution is 0.306. The SMILES string of the molecule is Cc1ccc2cccc(S(=O)(=O)Oc3ccc(OCc4ccccc4)cc3)c2c1. The number of hydrogen-bond donors (Lipinski definition) is 0. The molecule has 4 aromatic rings. The lowest BCUT2D eigenvalue weighted by Crippen LogP contribution is -2.10. The van der Waals surface area contributed by atoms with Gasteiger partial charge in [0.1, 0.15) is 23.0 Å². The van der Waals surface area contributed by atoms with Gasteiger partial charge < -0.3 is 8.92 Å². The topological polar surface area (TPSA) is 52.6 Å². The Balaban J connectivity index is 1.52. The molecule has 0 aliphatic carbocycles. The van der Waals surface area contributed by atoms with Gasteiger partial charge in [-0.25, -0.2) is 0 Å². The van der Waals surface area contributed by atoms with Gasteiger partial charge in [0, 0.05) is 5.39 Å². The summed E-state index contributed by atoms with van der Waals surface area (Å²) >= 11 is 0. The molecular weight excluding hydrogens is 384 g/mol. The lowest BCUT2D eigenvalue weighted by Gasteiger charge is -2.11. The second-order valence-electron chi connectivity index (χ2n) is 6.76. The molecule has 0 radical (unpaired) electrons. The molecule has 0 unspecified atom stereocenters. The van der Waals surface area contributed by atoms with E-state index >= 15 is 0 Å². The van der Waals surface area contributed by atoms with Crippen LogP contribution < -0.4 is 8.92 Å². The molecule has 0 heterocycles. The third-order valence-corrected chi connectivity index (χ3v) is 5.85. The van der Waals surface area contributed by atoms with Crippen LogP contribution in [0.4, 0.5) is 0 Å². The molecule has 4 aromatic carbocycles. The molecule has 0 fully saturated rings. The Labute approximate surface area is 170 Å². The van der Waals surface area contributed by atoms with Crippen LogP contribution in [-0.2, 0) is 16.7 Å². The first-order valence-electron chi connectivity index (χ1n) is 9.22. The van der Waals surface area contributed by atoms with E-state index in [2.05, 4.69) is 0 Å². The summed E-state index contributed by atoms with van der Waals surface area (Å²) in [5.41, 5.74) is 2.04. The van der Waals surface area contributed by atoms with Crippen LogP contribution in [0.2, 0.25) is 0 Å². The number of hydrogen-bond acceptors (Lipinski definition) is 4. The fourth-order valence-corrected chi connectivity index (χ4v) is 4.23. The molecule has 0 spiro atoms. The van der Waals surface area contributed by atoms with E-state index in [0.29, 0.717) is 17.7 Å². The third kappa shape index (κ3) is 4.41. The van der Waals surface area contributed by atoms with Gasteiger partial charge in [-0.1, -0.05) is 60.2 Å². The third-order valence-electron chi connectivity index (χ3n) is 4.54. The van der Waals surface area contributed by atoms with Gasteiger partial charge in [0.25, 0.3) is 0 Å². The van der Waals surface area contributed by atoms with Gasteiger partial charge in [-0.05, 0) is 54.3 Å². The minimum absolute atomic E-state index is 0.156. The summed E-state index contributed by atoms with van der Waals surface area (Å²) in [6.45, 7) is 2.37. The number of rotatable bonds is 6. The molecule has 146 valence electrons. The molecular formula is C24H20O4S. The van der Waals surface area contributed by atoms with Gasteiger partial charge in [0.2, 0.25) is 0 Å². The zero-order valence-corrected chi connectivity index (χ0v) is 16.7. The summed E-state index contributed by atoms with van der Waals surface area (Å²) in [6, 6.07) is 27.3. The van der Waals surface area contributed by atoms with Crippen LogP contribution in [0.1, 0.15) is 11.1 Å². The molecule has 0 aromatic heterocycles. The first kappa shape index (κ1) is 19.0. The highest BCUT2D eigenvalue weighted by atomic mass is 32.2. The predicted octanol–water partition coefficient (Wildman–Crippen LogP) is 5.49. The van der Waals surface area contributed by atoms with Crippen LogP contribution in [0.3, 0.4) is 0 Å². The van der Waals surface area contributed by atoms with Crippen LogP contribution in [0.15, 0.2) is 95.9 Å². The Hall–Kier alpha value is -3.31. The van der Waals surface area contributed by atoms with Crippen molar-refractivity contribution in [3.8, 4) is 11.5 Å². The maximum atomic E-state index is 12.9. The van der Waals surface area contributed by atoms with Crippen molar-refractivity contribution in [3.05, 3.63) is 102 Å². The molecule has 0 N–H and O–H groups in total. The number of benzene rings is 4. The van der Waals surface area contributed by atoms with Crippen LogP contribution >= 0.6 is 0 Å². The zero-order chi connectivity index (χ0) is 20.3. The van der Waals surface area contributed by atoms with Crippen molar-refractivity contribution in [2.45, 2.75) is 18.4 Å². The molecule has 4 rings (SSSR count). The highest BCUT2D eigenvalue weighted by Gasteiger charge is 2.20. The monoisotopic (exact) mass is 404 g/mol. The van der Waals surface area contributed by atoms with Crippen molar-refractivity contribution >= 4 is 20.9 Å². The van der Waals surface area contributed by atoms with Crippen molar-refractivity contribution < 1.29 is 17.3 Å². The van der Waals surface area contributed by atoms with Gasteiger partial charge in [-0.15, -0.1) is 0 Å². The molecule has 0 amide bonds.